The second kappa shape index (κ2) is 8.50. The van der Waals surface area contributed by atoms with Gasteiger partial charge in [-0.25, -0.2) is 4.68 Å². The number of aryl methyl sites for hydroxylation is 2. The Hall–Kier alpha value is -3.71. The maximum Gasteiger partial charge on any atom is 0.227 e. The Morgan fingerprint density at radius 1 is 0.943 bits per heavy atom. The van der Waals surface area contributed by atoms with Crippen molar-refractivity contribution in [1.29, 1.82) is 0 Å². The van der Waals surface area contributed by atoms with Crippen LogP contribution in [0.25, 0.3) is 5.70 Å². The average molecular weight is 483 g/mol. The van der Waals surface area contributed by atoms with E-state index in [2.05, 4.69) is 73.8 Å². The third kappa shape index (κ3) is 3.67. The summed E-state index contributed by atoms with van der Waals surface area (Å²) in [5.74, 6) is 2.40. The molecule has 7 heteroatoms. The van der Waals surface area contributed by atoms with E-state index in [1.807, 2.05) is 23.1 Å². The Morgan fingerprint density at radius 3 is 2.37 bits per heavy atom. The quantitative estimate of drug-likeness (QED) is 0.350. The first kappa shape index (κ1) is 21.8. The molecule has 2 atom stereocenters. The Kier molecular flexibility index (Phi) is 5.29. The molecule has 0 unspecified atom stereocenters. The molecule has 176 valence electrons. The van der Waals surface area contributed by atoms with Gasteiger partial charge < -0.3 is 14.8 Å². The van der Waals surface area contributed by atoms with Gasteiger partial charge in [-0.1, -0.05) is 65.4 Å². The molecule has 1 N–H and O–H groups in total. The van der Waals surface area contributed by atoms with Gasteiger partial charge in [-0.3, -0.25) is 0 Å². The highest BCUT2D eigenvalue weighted by molar-refractivity contribution is 7.98. The average Bonchev–Trinajstić information content (AvgIpc) is 3.31. The highest BCUT2D eigenvalue weighted by Gasteiger charge is 2.41. The second-order valence-corrected chi connectivity index (χ2v) is 9.68. The molecular formula is C28H26N4O2S. The lowest BCUT2D eigenvalue weighted by Crippen LogP contribution is -2.32. The lowest BCUT2D eigenvalue weighted by atomic mass is 9.84. The Balaban J connectivity index is 1.62. The van der Waals surface area contributed by atoms with Gasteiger partial charge in [0.05, 0.1) is 12.8 Å². The zero-order valence-electron chi connectivity index (χ0n) is 20.1. The summed E-state index contributed by atoms with van der Waals surface area (Å²) in [7, 11) is 1.68. The van der Waals surface area contributed by atoms with Crippen LogP contribution in [0.2, 0.25) is 0 Å². The molecule has 1 aromatic heterocycles. The van der Waals surface area contributed by atoms with Crippen LogP contribution in [-0.4, -0.2) is 28.1 Å². The summed E-state index contributed by atoms with van der Waals surface area (Å²) in [6, 6.07) is 22.9. The number of nitrogens with one attached hydrogen (secondary N) is 1. The lowest BCUT2D eigenvalue weighted by molar-refractivity contribution is 0.223. The fourth-order valence-electron chi connectivity index (χ4n) is 4.83. The summed E-state index contributed by atoms with van der Waals surface area (Å²) in [4.78, 5) is 4.78. The topological polar surface area (TPSA) is 61.2 Å². The van der Waals surface area contributed by atoms with Crippen LogP contribution >= 0.6 is 11.8 Å². The van der Waals surface area contributed by atoms with Crippen LogP contribution in [0.15, 0.2) is 77.5 Å². The number of hydrogen-bond donors (Lipinski definition) is 1. The molecule has 0 aliphatic carbocycles. The molecule has 0 saturated carbocycles. The molecule has 6 nitrogen and oxygen atoms in total. The van der Waals surface area contributed by atoms with Gasteiger partial charge in [0.2, 0.25) is 11.1 Å². The number of ether oxygens (including phenoxy) is 2. The number of thioether (sulfide) groups is 1. The van der Waals surface area contributed by atoms with Crippen molar-refractivity contribution in [2.24, 2.45) is 0 Å². The van der Waals surface area contributed by atoms with Gasteiger partial charge in [-0.05, 0) is 55.5 Å². The summed E-state index contributed by atoms with van der Waals surface area (Å²) >= 11 is 1.53. The number of anilines is 1. The SMILES string of the molecule is COc1ccc([C@H]2C3=C(Nc4nc(SC)nn42)c2cc(C)ccc2O[C@@H]3c2ccc(C)cc2)cc1. The van der Waals surface area contributed by atoms with Crippen LogP contribution < -0.4 is 14.8 Å². The van der Waals surface area contributed by atoms with E-state index < -0.39 is 0 Å². The third-order valence-electron chi connectivity index (χ3n) is 6.60. The van der Waals surface area contributed by atoms with E-state index in [4.69, 9.17) is 19.6 Å². The fraction of sp³-hybridized carbons (Fsp3) is 0.214. The van der Waals surface area contributed by atoms with E-state index in [-0.39, 0.29) is 12.1 Å². The molecule has 0 fully saturated rings. The highest BCUT2D eigenvalue weighted by Crippen LogP contribution is 2.51. The summed E-state index contributed by atoms with van der Waals surface area (Å²) in [5, 5.41) is 9.21. The van der Waals surface area contributed by atoms with Crippen molar-refractivity contribution in [3.63, 3.8) is 0 Å². The molecule has 0 spiro atoms. The van der Waals surface area contributed by atoms with Crippen LogP contribution in [0.3, 0.4) is 0 Å². The maximum atomic E-state index is 6.74. The largest absolute Gasteiger partial charge is 0.497 e. The molecule has 0 bridgehead atoms. The van der Waals surface area contributed by atoms with Crippen LogP contribution in [0, 0.1) is 13.8 Å². The van der Waals surface area contributed by atoms with Crippen molar-refractivity contribution >= 4 is 23.4 Å². The molecular weight excluding hydrogens is 456 g/mol. The van der Waals surface area contributed by atoms with E-state index in [1.165, 1.54) is 22.9 Å². The summed E-state index contributed by atoms with van der Waals surface area (Å²) in [6.45, 7) is 4.20. The van der Waals surface area contributed by atoms with Gasteiger partial charge >= 0.3 is 0 Å². The van der Waals surface area contributed by atoms with Crippen LogP contribution in [0.1, 0.15) is 40.0 Å². The molecule has 2 aliphatic rings. The van der Waals surface area contributed by atoms with Crippen molar-refractivity contribution in [3.05, 3.63) is 100 Å². The van der Waals surface area contributed by atoms with Gasteiger partial charge in [-0.2, -0.15) is 4.98 Å². The number of hydrogen-bond acceptors (Lipinski definition) is 6. The van der Waals surface area contributed by atoms with Crippen LogP contribution in [-0.2, 0) is 0 Å². The highest BCUT2D eigenvalue weighted by atomic mass is 32.2. The lowest BCUT2D eigenvalue weighted by Gasteiger charge is -2.39. The minimum atomic E-state index is -0.282. The van der Waals surface area contributed by atoms with E-state index >= 15 is 0 Å². The number of benzene rings is 3. The van der Waals surface area contributed by atoms with E-state index in [0.717, 1.165) is 50.6 Å². The Bertz CT molecular complexity index is 1440. The molecule has 2 aliphatic heterocycles. The summed E-state index contributed by atoms with van der Waals surface area (Å²) in [6.07, 6.45) is 1.71. The smallest absolute Gasteiger partial charge is 0.227 e. The molecule has 4 aromatic rings. The van der Waals surface area contributed by atoms with Crippen LogP contribution in [0.5, 0.6) is 11.5 Å². The van der Waals surface area contributed by atoms with Gasteiger partial charge in [-0.15, -0.1) is 5.10 Å². The predicted octanol–water partition coefficient (Wildman–Crippen LogP) is 6.19. The normalized spacial score (nSPS) is 18.2. The number of fused-ring (bicyclic) bond motifs is 3. The Labute approximate surface area is 209 Å². The van der Waals surface area contributed by atoms with Gasteiger partial charge in [0.1, 0.15) is 23.6 Å². The number of methoxy groups -OCH3 is 1. The molecule has 3 aromatic carbocycles. The van der Waals surface area contributed by atoms with Gasteiger partial charge in [0.25, 0.3) is 0 Å². The monoisotopic (exact) mass is 482 g/mol. The zero-order valence-corrected chi connectivity index (χ0v) is 20.9. The minimum absolute atomic E-state index is 0.194. The molecule has 6 rings (SSSR count). The standard InChI is InChI=1S/C28H26N4O2S/c1-16-5-8-19(9-6-16)26-23-24(21-15-17(2)7-14-22(21)34-26)29-27-30-28(35-4)31-32(27)25(23)18-10-12-20(33-3)13-11-18/h5-15,25-26H,1-4H3,(H,29,30,31)/t25-,26+/m0/s1. The number of aromatic nitrogens is 3. The van der Waals surface area contributed by atoms with Gasteiger partial charge in [0.15, 0.2) is 0 Å². The Morgan fingerprint density at radius 2 is 1.66 bits per heavy atom. The number of nitrogens with zero attached hydrogens (tertiary/aromatic N) is 3. The first-order valence-corrected chi connectivity index (χ1v) is 12.8. The van der Waals surface area contributed by atoms with Crippen LogP contribution in [0.4, 0.5) is 5.95 Å². The summed E-state index contributed by atoms with van der Waals surface area (Å²) in [5.41, 5.74) is 7.77. The van der Waals surface area contributed by atoms with Crippen molar-refractivity contribution in [2.75, 3.05) is 18.7 Å². The molecule has 0 radical (unpaired) electrons. The third-order valence-corrected chi connectivity index (χ3v) is 7.14. The first-order chi connectivity index (χ1) is 17.1. The van der Waals surface area contributed by atoms with E-state index in [9.17, 15) is 0 Å². The van der Waals surface area contributed by atoms with Crippen molar-refractivity contribution in [2.45, 2.75) is 31.1 Å². The molecule has 0 amide bonds. The molecule has 35 heavy (non-hydrogen) atoms. The van der Waals surface area contributed by atoms with Gasteiger partial charge in [0, 0.05) is 11.1 Å². The van der Waals surface area contributed by atoms with Crippen molar-refractivity contribution in [3.8, 4) is 11.5 Å². The minimum Gasteiger partial charge on any atom is -0.497 e. The fourth-order valence-corrected chi connectivity index (χ4v) is 5.18. The summed E-state index contributed by atoms with van der Waals surface area (Å²) < 4.78 is 14.2. The maximum absolute atomic E-state index is 6.74. The van der Waals surface area contributed by atoms with E-state index in [0.29, 0.717) is 0 Å². The second-order valence-electron chi connectivity index (χ2n) is 8.91. The van der Waals surface area contributed by atoms with Crippen molar-refractivity contribution < 1.29 is 9.47 Å². The van der Waals surface area contributed by atoms with E-state index in [1.54, 1.807) is 7.11 Å². The molecule has 3 heterocycles. The molecule has 0 saturated heterocycles. The first-order valence-electron chi connectivity index (χ1n) is 11.6. The number of rotatable bonds is 4. The van der Waals surface area contributed by atoms with Crippen molar-refractivity contribution in [1.82, 2.24) is 14.8 Å². The predicted molar refractivity (Wildman–Crippen MR) is 139 cm³/mol. The zero-order chi connectivity index (χ0) is 24.1.